The van der Waals surface area contributed by atoms with E-state index in [4.69, 9.17) is 23.1 Å². The summed E-state index contributed by atoms with van der Waals surface area (Å²) in [5, 5.41) is -0.612. The normalized spacial score (nSPS) is 14.5. The molecule has 0 aromatic carbocycles. The van der Waals surface area contributed by atoms with Crippen molar-refractivity contribution in [1.82, 2.24) is 0 Å². The third kappa shape index (κ3) is 3.89. The molecule has 0 bridgehead atoms. The highest BCUT2D eigenvalue weighted by molar-refractivity contribution is 6.32. The topological polar surface area (TPSA) is 52.0 Å². The summed E-state index contributed by atoms with van der Waals surface area (Å²) >= 11 is 5.21. The van der Waals surface area contributed by atoms with E-state index in [1.54, 1.807) is 0 Å². The van der Waals surface area contributed by atoms with Gasteiger partial charge in [-0.15, -0.1) is 0 Å². The average molecular weight is 213 g/mol. The van der Waals surface area contributed by atoms with Gasteiger partial charge >= 0.3 is 6.18 Å². The molecule has 74 valence electrons. The Hall–Kier alpha value is -1.10. The van der Waals surface area contributed by atoms with Gasteiger partial charge in [0.1, 0.15) is 0 Å². The lowest BCUT2D eigenvalue weighted by molar-refractivity contribution is -0.0887. The van der Waals surface area contributed by atoms with Gasteiger partial charge in [-0.1, -0.05) is 18.2 Å². The van der Waals surface area contributed by atoms with Gasteiger partial charge in [-0.05, 0) is 6.08 Å². The summed E-state index contributed by atoms with van der Waals surface area (Å²) in [6.07, 6.45) is -3.33. The highest BCUT2D eigenvalue weighted by Crippen LogP contribution is 2.32. The van der Waals surface area contributed by atoms with Crippen molar-refractivity contribution in [3.05, 3.63) is 35.2 Å². The lowest BCUT2D eigenvalue weighted by Crippen LogP contribution is -2.14. The van der Waals surface area contributed by atoms with E-state index in [0.717, 1.165) is 0 Å². The van der Waals surface area contributed by atoms with Crippen LogP contribution < -0.4 is 11.5 Å². The third-order valence-corrected chi connectivity index (χ3v) is 1.37. The van der Waals surface area contributed by atoms with E-state index in [1.165, 1.54) is 0 Å². The summed E-state index contributed by atoms with van der Waals surface area (Å²) < 4.78 is 36.5. The number of alkyl halides is 3. The molecule has 0 aliphatic rings. The quantitative estimate of drug-likeness (QED) is 0.688. The van der Waals surface area contributed by atoms with Crippen LogP contribution in [-0.4, -0.2) is 6.18 Å². The van der Waals surface area contributed by atoms with Crippen molar-refractivity contribution in [3.8, 4) is 0 Å². The summed E-state index contributed by atoms with van der Waals surface area (Å²) in [6, 6.07) is 0. The molecular weight excluding hydrogens is 205 g/mol. The second kappa shape index (κ2) is 4.23. The van der Waals surface area contributed by atoms with Gasteiger partial charge in [0.05, 0.1) is 10.6 Å². The van der Waals surface area contributed by atoms with Crippen LogP contribution in [0.25, 0.3) is 0 Å². The molecule has 0 rings (SSSR count). The molecule has 0 spiro atoms. The van der Waals surface area contributed by atoms with Crippen LogP contribution in [0.4, 0.5) is 13.2 Å². The van der Waals surface area contributed by atoms with Crippen molar-refractivity contribution in [2.75, 3.05) is 0 Å². The van der Waals surface area contributed by atoms with Crippen LogP contribution in [0, 0.1) is 0 Å². The fourth-order valence-electron chi connectivity index (χ4n) is 0.561. The van der Waals surface area contributed by atoms with Crippen molar-refractivity contribution in [2.24, 2.45) is 11.5 Å². The fourth-order valence-corrected chi connectivity index (χ4v) is 0.723. The lowest BCUT2D eigenvalue weighted by Gasteiger charge is -2.10. The molecule has 2 nitrogen and oxygen atoms in total. The average Bonchev–Trinajstić information content (AvgIpc) is 1.96. The van der Waals surface area contributed by atoms with Crippen LogP contribution in [0.5, 0.6) is 0 Å². The highest BCUT2D eigenvalue weighted by atomic mass is 35.5. The monoisotopic (exact) mass is 212 g/mol. The Morgan fingerprint density at radius 3 is 2.08 bits per heavy atom. The first-order valence-corrected chi connectivity index (χ1v) is 3.48. The number of allylic oxidation sites excluding steroid dienone is 3. The molecule has 4 N–H and O–H groups in total. The van der Waals surface area contributed by atoms with Crippen LogP contribution in [0.3, 0.4) is 0 Å². The molecule has 0 saturated heterocycles. The molecule has 0 aliphatic carbocycles. The van der Waals surface area contributed by atoms with E-state index in [-0.39, 0.29) is 5.70 Å². The second-order valence-electron chi connectivity index (χ2n) is 2.15. The highest BCUT2D eigenvalue weighted by Gasteiger charge is 2.35. The Morgan fingerprint density at radius 1 is 1.38 bits per heavy atom. The van der Waals surface area contributed by atoms with Gasteiger partial charge in [-0.3, -0.25) is 0 Å². The van der Waals surface area contributed by atoms with Crippen molar-refractivity contribution in [2.45, 2.75) is 6.18 Å². The minimum atomic E-state index is -4.59. The summed E-state index contributed by atoms with van der Waals surface area (Å²) in [4.78, 5) is 0. The van der Waals surface area contributed by atoms with Gasteiger partial charge in [0, 0.05) is 11.9 Å². The van der Waals surface area contributed by atoms with Crippen LogP contribution in [0.1, 0.15) is 0 Å². The molecule has 0 aromatic rings. The molecule has 0 atom stereocenters. The molecule has 0 aromatic heterocycles. The zero-order valence-corrected chi connectivity index (χ0v) is 7.28. The molecule has 0 saturated carbocycles. The molecule has 0 amide bonds. The van der Waals surface area contributed by atoms with E-state index in [1.807, 2.05) is 0 Å². The predicted octanol–water partition coefficient (Wildman–Crippen LogP) is 1.99. The summed E-state index contributed by atoms with van der Waals surface area (Å²) in [6.45, 7) is 3.10. The molecule has 0 radical (unpaired) electrons. The summed E-state index contributed by atoms with van der Waals surface area (Å²) in [5.74, 6) is 0. The Kier molecular flexibility index (Phi) is 3.87. The molecule has 0 fully saturated rings. The molecule has 0 heterocycles. The first-order valence-electron chi connectivity index (χ1n) is 3.10. The van der Waals surface area contributed by atoms with Crippen LogP contribution in [0.2, 0.25) is 0 Å². The summed E-state index contributed by atoms with van der Waals surface area (Å²) in [7, 11) is 0. The van der Waals surface area contributed by atoms with Gasteiger partial charge in [0.25, 0.3) is 0 Å². The largest absolute Gasteiger partial charge is 0.417 e. The molecule has 13 heavy (non-hydrogen) atoms. The van der Waals surface area contributed by atoms with Crippen LogP contribution in [-0.2, 0) is 0 Å². The van der Waals surface area contributed by atoms with Crippen molar-refractivity contribution in [1.29, 1.82) is 0 Å². The maximum Gasteiger partial charge on any atom is 0.417 e. The van der Waals surface area contributed by atoms with E-state index in [2.05, 4.69) is 6.58 Å². The smallest absolute Gasteiger partial charge is 0.403 e. The molecule has 0 unspecified atom stereocenters. The van der Waals surface area contributed by atoms with E-state index >= 15 is 0 Å². The van der Waals surface area contributed by atoms with Gasteiger partial charge in [-0.25, -0.2) is 0 Å². The van der Waals surface area contributed by atoms with Gasteiger partial charge in [-0.2, -0.15) is 13.2 Å². The van der Waals surface area contributed by atoms with Crippen LogP contribution >= 0.6 is 11.6 Å². The minimum absolute atomic E-state index is 0.243. The summed E-state index contributed by atoms with van der Waals surface area (Å²) in [5.41, 5.74) is 8.47. The first-order chi connectivity index (χ1) is 5.79. The maximum atomic E-state index is 12.2. The zero-order chi connectivity index (χ0) is 10.6. The van der Waals surface area contributed by atoms with Gasteiger partial charge < -0.3 is 11.5 Å². The SMILES string of the molecule is C=C(N)/C=C(\C(Cl)=C/N)C(F)(F)F. The maximum absolute atomic E-state index is 12.2. The van der Waals surface area contributed by atoms with Crippen molar-refractivity contribution < 1.29 is 13.2 Å². The van der Waals surface area contributed by atoms with Crippen molar-refractivity contribution >= 4 is 11.6 Å². The molecule has 6 heteroatoms. The first kappa shape index (κ1) is 11.9. The number of hydrogen-bond acceptors (Lipinski definition) is 2. The standard InChI is InChI=1S/C7H8ClF3N2/c1-4(13)2-5(6(8)3-12)7(9,10)11/h2-3H,1,12-13H2/b5-2+,6-3+. The Bertz CT molecular complexity index is 265. The van der Waals surface area contributed by atoms with Gasteiger partial charge in [0.2, 0.25) is 0 Å². The number of nitrogens with two attached hydrogens (primary N) is 2. The third-order valence-electron chi connectivity index (χ3n) is 1.04. The molecular formula is C7H8ClF3N2. The Balaban J connectivity index is 5.12. The number of rotatable bonds is 2. The number of hydrogen-bond donors (Lipinski definition) is 2. The lowest BCUT2D eigenvalue weighted by atomic mass is 10.2. The minimum Gasteiger partial charge on any atom is -0.403 e. The van der Waals surface area contributed by atoms with Crippen molar-refractivity contribution in [3.63, 3.8) is 0 Å². The Morgan fingerprint density at radius 2 is 1.85 bits per heavy atom. The predicted molar refractivity (Wildman–Crippen MR) is 45.6 cm³/mol. The van der Waals surface area contributed by atoms with E-state index in [9.17, 15) is 13.2 Å². The zero-order valence-electron chi connectivity index (χ0n) is 6.53. The second-order valence-corrected chi connectivity index (χ2v) is 2.55. The van der Waals surface area contributed by atoms with E-state index < -0.39 is 16.8 Å². The van der Waals surface area contributed by atoms with Crippen LogP contribution in [0.15, 0.2) is 35.2 Å². The van der Waals surface area contributed by atoms with Gasteiger partial charge in [0.15, 0.2) is 0 Å². The fraction of sp³-hybridized carbons (Fsp3) is 0.143. The van der Waals surface area contributed by atoms with E-state index in [0.29, 0.717) is 12.3 Å². The molecule has 0 aliphatic heterocycles. The number of halogens is 4. The Labute approximate surface area is 78.3 Å².